The summed E-state index contributed by atoms with van der Waals surface area (Å²) in [5, 5.41) is 0. The number of halogens is 2. The van der Waals surface area contributed by atoms with Crippen molar-refractivity contribution < 1.29 is 8.42 Å². The molecule has 17 heavy (non-hydrogen) atoms. The number of hydrogen-bond acceptors (Lipinski definition) is 3. The van der Waals surface area contributed by atoms with Crippen LogP contribution in [0.2, 0.25) is 0 Å². The summed E-state index contributed by atoms with van der Waals surface area (Å²) in [5.41, 5.74) is 5.87. The largest absolute Gasteiger partial charge is 0.398 e. The van der Waals surface area contributed by atoms with Gasteiger partial charge in [0, 0.05) is 8.95 Å². The maximum Gasteiger partial charge on any atom is 0.244 e. The highest BCUT2D eigenvalue weighted by molar-refractivity contribution is 9.11. The first-order valence-electron chi connectivity index (χ1n) is 4.52. The van der Waals surface area contributed by atoms with E-state index in [4.69, 9.17) is 5.73 Å². The molecule has 0 saturated heterocycles. The van der Waals surface area contributed by atoms with E-state index in [0.29, 0.717) is 8.95 Å². The normalized spacial score (nSPS) is 10.8. The second-order valence-corrected chi connectivity index (χ2v) is 6.53. The number of rotatable bonds is 3. The van der Waals surface area contributed by atoms with Crippen LogP contribution in [0.4, 0.5) is 5.69 Å². The summed E-state index contributed by atoms with van der Waals surface area (Å²) in [6.07, 6.45) is 0. The fraction of sp³-hybridized carbons (Fsp3) is 0.200. The Labute approximate surface area is 117 Å². The van der Waals surface area contributed by atoms with Gasteiger partial charge >= 0.3 is 0 Å². The van der Waals surface area contributed by atoms with Gasteiger partial charge in [-0.25, -0.2) is 8.42 Å². The third-order valence-corrected chi connectivity index (χ3v) is 4.70. The summed E-state index contributed by atoms with van der Waals surface area (Å²) in [5.74, 6) is 5.22. The molecule has 0 saturated carbocycles. The fourth-order valence-corrected chi connectivity index (χ4v) is 4.14. The van der Waals surface area contributed by atoms with Gasteiger partial charge in [0.15, 0.2) is 0 Å². The molecule has 0 heterocycles. The fourth-order valence-electron chi connectivity index (χ4n) is 1.16. The van der Waals surface area contributed by atoms with E-state index >= 15 is 0 Å². The zero-order chi connectivity index (χ0) is 13.1. The Kier molecular flexibility index (Phi) is 5.01. The summed E-state index contributed by atoms with van der Waals surface area (Å²) >= 11 is 6.41. The summed E-state index contributed by atoms with van der Waals surface area (Å²) in [4.78, 5) is 0.0265. The Morgan fingerprint density at radius 1 is 1.41 bits per heavy atom. The molecule has 0 atom stereocenters. The predicted molar refractivity (Wildman–Crippen MR) is 74.9 cm³/mol. The van der Waals surface area contributed by atoms with Gasteiger partial charge in [-0.15, -0.1) is 5.92 Å². The van der Waals surface area contributed by atoms with Crippen LogP contribution in [0.15, 0.2) is 26.0 Å². The predicted octanol–water partition coefficient (Wildman–Crippen LogP) is 2.10. The van der Waals surface area contributed by atoms with Gasteiger partial charge in [-0.05, 0) is 35.0 Å². The first-order valence-corrected chi connectivity index (χ1v) is 7.59. The lowest BCUT2D eigenvalue weighted by Gasteiger charge is -2.10. The van der Waals surface area contributed by atoms with Crippen LogP contribution in [-0.2, 0) is 10.0 Å². The molecule has 0 radical (unpaired) electrons. The molecule has 0 spiro atoms. The molecule has 0 bridgehead atoms. The maximum atomic E-state index is 12.0. The SMILES string of the molecule is CC#CCNS(=O)(=O)c1c(N)cc(Br)cc1Br. The van der Waals surface area contributed by atoms with E-state index in [1.54, 1.807) is 13.0 Å². The second-order valence-electron chi connectivity index (χ2n) is 3.06. The van der Waals surface area contributed by atoms with Crippen LogP contribution in [-0.4, -0.2) is 15.0 Å². The molecule has 4 nitrogen and oxygen atoms in total. The molecule has 0 aliphatic heterocycles. The molecule has 1 rings (SSSR count). The summed E-state index contributed by atoms with van der Waals surface area (Å²) < 4.78 is 27.4. The zero-order valence-electron chi connectivity index (χ0n) is 8.92. The van der Waals surface area contributed by atoms with Gasteiger partial charge in [0.1, 0.15) is 4.90 Å². The molecule has 3 N–H and O–H groups in total. The van der Waals surface area contributed by atoms with Crippen LogP contribution in [0.3, 0.4) is 0 Å². The zero-order valence-corrected chi connectivity index (χ0v) is 12.9. The average Bonchev–Trinajstić information content (AvgIpc) is 2.15. The maximum absolute atomic E-state index is 12.0. The summed E-state index contributed by atoms with van der Waals surface area (Å²) in [6.45, 7) is 1.69. The number of nitrogens with two attached hydrogens (primary N) is 1. The van der Waals surface area contributed by atoms with Crippen molar-refractivity contribution in [1.82, 2.24) is 4.72 Å². The molecule has 0 aliphatic rings. The molecule has 1 aromatic rings. The van der Waals surface area contributed by atoms with Gasteiger partial charge in [-0.2, -0.15) is 4.72 Å². The van der Waals surface area contributed by atoms with Crippen LogP contribution < -0.4 is 10.5 Å². The van der Waals surface area contributed by atoms with E-state index in [1.165, 1.54) is 6.07 Å². The highest BCUT2D eigenvalue weighted by atomic mass is 79.9. The summed E-state index contributed by atoms with van der Waals surface area (Å²) in [7, 11) is -3.66. The van der Waals surface area contributed by atoms with E-state index in [-0.39, 0.29) is 17.1 Å². The second kappa shape index (κ2) is 5.87. The summed E-state index contributed by atoms with van der Waals surface area (Å²) in [6, 6.07) is 3.15. The minimum Gasteiger partial charge on any atom is -0.398 e. The first-order chi connectivity index (χ1) is 7.88. The molecule has 0 aromatic heterocycles. The van der Waals surface area contributed by atoms with Gasteiger partial charge in [-0.1, -0.05) is 21.9 Å². The molecule has 1 aromatic carbocycles. The van der Waals surface area contributed by atoms with Crippen molar-refractivity contribution in [2.75, 3.05) is 12.3 Å². The lowest BCUT2D eigenvalue weighted by atomic mass is 10.3. The van der Waals surface area contributed by atoms with Crippen LogP contribution in [0.5, 0.6) is 0 Å². The minimum atomic E-state index is -3.66. The molecular weight excluding hydrogens is 372 g/mol. The Hall–Kier alpha value is -0.550. The Morgan fingerprint density at radius 2 is 2.06 bits per heavy atom. The first kappa shape index (κ1) is 14.5. The van der Waals surface area contributed by atoms with Gasteiger partial charge in [-0.3, -0.25) is 0 Å². The number of hydrogen-bond donors (Lipinski definition) is 2. The number of nitrogen functional groups attached to an aromatic ring is 1. The minimum absolute atomic E-state index is 0.0265. The van der Waals surface area contributed by atoms with Crippen molar-refractivity contribution in [3.8, 4) is 11.8 Å². The third kappa shape index (κ3) is 3.71. The molecule has 0 amide bonds. The van der Waals surface area contributed by atoms with Crippen LogP contribution in [0, 0.1) is 11.8 Å². The van der Waals surface area contributed by atoms with Crippen LogP contribution in [0.25, 0.3) is 0 Å². The number of nitrogens with one attached hydrogen (secondary N) is 1. The van der Waals surface area contributed by atoms with Crippen molar-refractivity contribution in [2.24, 2.45) is 0 Å². The van der Waals surface area contributed by atoms with E-state index in [9.17, 15) is 8.42 Å². The average molecular weight is 382 g/mol. The standard InChI is InChI=1S/C10H10Br2N2O2S/c1-2-3-4-14-17(15,16)10-8(12)5-7(11)6-9(10)13/h5-6,14H,4,13H2,1H3. The number of sulfonamides is 1. The van der Waals surface area contributed by atoms with Crippen LogP contribution >= 0.6 is 31.9 Å². The lowest BCUT2D eigenvalue weighted by Crippen LogP contribution is -2.25. The van der Waals surface area contributed by atoms with Crippen molar-refractivity contribution >= 4 is 47.6 Å². The molecule has 0 unspecified atom stereocenters. The Balaban J connectivity index is 3.18. The van der Waals surface area contributed by atoms with E-state index in [0.717, 1.165) is 0 Å². The molecule has 0 aliphatic carbocycles. The van der Waals surface area contributed by atoms with E-state index in [1.807, 2.05) is 0 Å². The van der Waals surface area contributed by atoms with Crippen molar-refractivity contribution in [3.63, 3.8) is 0 Å². The van der Waals surface area contributed by atoms with Gasteiger partial charge in [0.25, 0.3) is 0 Å². The Morgan fingerprint density at radius 3 is 2.59 bits per heavy atom. The monoisotopic (exact) mass is 380 g/mol. The molecule has 0 fully saturated rings. The Bertz CT molecular complexity index is 565. The van der Waals surface area contributed by atoms with Crippen molar-refractivity contribution in [2.45, 2.75) is 11.8 Å². The molecule has 92 valence electrons. The van der Waals surface area contributed by atoms with Gasteiger partial charge in [0.05, 0.1) is 12.2 Å². The van der Waals surface area contributed by atoms with Crippen molar-refractivity contribution in [3.05, 3.63) is 21.1 Å². The number of anilines is 1. The number of benzene rings is 1. The van der Waals surface area contributed by atoms with E-state index < -0.39 is 10.0 Å². The van der Waals surface area contributed by atoms with Crippen molar-refractivity contribution in [1.29, 1.82) is 0 Å². The van der Waals surface area contributed by atoms with Gasteiger partial charge in [0.2, 0.25) is 10.0 Å². The highest BCUT2D eigenvalue weighted by Gasteiger charge is 2.20. The molecular formula is C10H10Br2N2O2S. The lowest BCUT2D eigenvalue weighted by molar-refractivity contribution is 0.586. The third-order valence-electron chi connectivity index (χ3n) is 1.83. The smallest absolute Gasteiger partial charge is 0.244 e. The quantitative estimate of drug-likeness (QED) is 0.622. The topological polar surface area (TPSA) is 72.2 Å². The van der Waals surface area contributed by atoms with E-state index in [2.05, 4.69) is 48.4 Å². The van der Waals surface area contributed by atoms with Gasteiger partial charge < -0.3 is 5.73 Å². The van der Waals surface area contributed by atoms with Crippen LogP contribution in [0.1, 0.15) is 6.92 Å². The molecule has 7 heteroatoms. The highest BCUT2D eigenvalue weighted by Crippen LogP contribution is 2.31.